The highest BCUT2D eigenvalue weighted by molar-refractivity contribution is 9.10. The van der Waals surface area contributed by atoms with Crippen molar-refractivity contribution in [3.63, 3.8) is 0 Å². The van der Waals surface area contributed by atoms with Gasteiger partial charge in [0, 0.05) is 22.9 Å². The molecule has 2 aromatic rings. The number of rotatable bonds is 6. The topological polar surface area (TPSA) is 50.9 Å². The Labute approximate surface area is 126 Å². The zero-order valence-corrected chi connectivity index (χ0v) is 12.6. The molecule has 0 amide bonds. The Hall–Kier alpha value is -1.30. The lowest BCUT2D eigenvalue weighted by atomic mass is 10.00. The number of hydrogen-bond donors (Lipinski definition) is 2. The highest BCUT2D eigenvalue weighted by atomic mass is 79.9. The van der Waals surface area contributed by atoms with Crippen LogP contribution in [0.25, 0.3) is 0 Å². The van der Waals surface area contributed by atoms with Gasteiger partial charge in [0.25, 0.3) is 0 Å². The molecule has 0 aliphatic heterocycles. The largest absolute Gasteiger partial charge is 0.271 e. The second-order valence-corrected chi connectivity index (χ2v) is 5.55. The van der Waals surface area contributed by atoms with Crippen LogP contribution < -0.4 is 11.3 Å². The van der Waals surface area contributed by atoms with Crippen molar-refractivity contribution in [3.8, 4) is 0 Å². The predicted molar refractivity (Wildman–Crippen MR) is 81.5 cm³/mol. The smallest absolute Gasteiger partial charge is 0.123 e. The van der Waals surface area contributed by atoms with E-state index in [0.29, 0.717) is 6.42 Å². The van der Waals surface area contributed by atoms with Crippen LogP contribution in [0.3, 0.4) is 0 Å². The van der Waals surface area contributed by atoms with E-state index in [-0.39, 0.29) is 11.9 Å². The number of hydrazine groups is 1. The molecule has 3 N–H and O–H groups in total. The number of benzene rings is 1. The van der Waals surface area contributed by atoms with Crippen molar-refractivity contribution in [2.45, 2.75) is 25.3 Å². The maximum absolute atomic E-state index is 13.3. The number of aromatic nitrogens is 1. The van der Waals surface area contributed by atoms with E-state index in [0.717, 1.165) is 22.9 Å². The third-order valence-electron chi connectivity index (χ3n) is 3.24. The predicted octanol–water partition coefficient (Wildman–Crippen LogP) is 2.99. The summed E-state index contributed by atoms with van der Waals surface area (Å²) in [5.74, 6) is 5.37. The summed E-state index contributed by atoms with van der Waals surface area (Å²) < 4.78 is 14.2. The Kier molecular flexibility index (Phi) is 5.64. The van der Waals surface area contributed by atoms with Gasteiger partial charge in [0.2, 0.25) is 0 Å². The summed E-state index contributed by atoms with van der Waals surface area (Å²) in [7, 11) is 0. The van der Waals surface area contributed by atoms with Gasteiger partial charge in [0.05, 0.1) is 0 Å². The number of hydrogen-bond acceptors (Lipinski definition) is 3. The van der Waals surface area contributed by atoms with Crippen molar-refractivity contribution in [3.05, 3.63) is 64.1 Å². The van der Waals surface area contributed by atoms with E-state index in [4.69, 9.17) is 5.84 Å². The molecule has 0 fully saturated rings. The zero-order valence-electron chi connectivity index (χ0n) is 11.0. The number of nitrogens with two attached hydrogens (primary N) is 1. The van der Waals surface area contributed by atoms with Crippen LogP contribution in [-0.2, 0) is 12.8 Å². The Morgan fingerprint density at radius 2 is 2.00 bits per heavy atom. The summed E-state index contributed by atoms with van der Waals surface area (Å²) in [5, 5.41) is 0. The molecule has 0 aliphatic rings. The Bertz CT molecular complexity index is 548. The van der Waals surface area contributed by atoms with E-state index in [9.17, 15) is 4.39 Å². The van der Waals surface area contributed by atoms with Crippen LogP contribution in [0.15, 0.2) is 47.2 Å². The highest BCUT2D eigenvalue weighted by Crippen LogP contribution is 2.20. The molecule has 0 aliphatic carbocycles. The maximum Gasteiger partial charge on any atom is 0.123 e. The standard InChI is InChI=1S/C15H17BrFN3/c16-15-4-2-13(17)9-12(15)10-14(20-18)3-1-11-5-7-19-8-6-11/h2,4-9,14,20H,1,3,10,18H2. The van der Waals surface area contributed by atoms with Crippen molar-refractivity contribution < 1.29 is 4.39 Å². The van der Waals surface area contributed by atoms with Gasteiger partial charge in [-0.3, -0.25) is 16.3 Å². The lowest BCUT2D eigenvalue weighted by Gasteiger charge is -2.17. The summed E-state index contributed by atoms with van der Waals surface area (Å²) >= 11 is 3.44. The van der Waals surface area contributed by atoms with Crippen LogP contribution in [-0.4, -0.2) is 11.0 Å². The summed E-state index contributed by atoms with van der Waals surface area (Å²) in [6.07, 6.45) is 6.03. The molecule has 0 saturated carbocycles. The minimum Gasteiger partial charge on any atom is -0.271 e. The molecule has 1 atom stereocenters. The second kappa shape index (κ2) is 7.47. The molecule has 0 radical (unpaired) electrons. The average Bonchev–Trinajstić information content (AvgIpc) is 2.48. The van der Waals surface area contributed by atoms with Gasteiger partial charge < -0.3 is 0 Å². The summed E-state index contributed by atoms with van der Waals surface area (Å²) in [4.78, 5) is 3.99. The van der Waals surface area contributed by atoms with Crippen LogP contribution in [0.1, 0.15) is 17.5 Å². The molecule has 0 saturated heterocycles. The lowest BCUT2D eigenvalue weighted by Crippen LogP contribution is -2.37. The van der Waals surface area contributed by atoms with Gasteiger partial charge >= 0.3 is 0 Å². The molecule has 2 rings (SSSR count). The van der Waals surface area contributed by atoms with E-state index in [1.165, 1.54) is 11.6 Å². The van der Waals surface area contributed by atoms with Crippen molar-refractivity contribution in [2.24, 2.45) is 5.84 Å². The third-order valence-corrected chi connectivity index (χ3v) is 4.01. The van der Waals surface area contributed by atoms with Gasteiger partial charge in [-0.1, -0.05) is 15.9 Å². The second-order valence-electron chi connectivity index (χ2n) is 4.70. The number of nitrogens with one attached hydrogen (secondary N) is 1. The number of halogens is 2. The lowest BCUT2D eigenvalue weighted by molar-refractivity contribution is 0.489. The average molecular weight is 338 g/mol. The minimum atomic E-state index is -0.229. The summed E-state index contributed by atoms with van der Waals surface area (Å²) in [5.41, 5.74) is 4.95. The van der Waals surface area contributed by atoms with Gasteiger partial charge in [0.15, 0.2) is 0 Å². The molecular weight excluding hydrogens is 321 g/mol. The van der Waals surface area contributed by atoms with E-state index < -0.39 is 0 Å². The van der Waals surface area contributed by atoms with Crippen LogP contribution >= 0.6 is 15.9 Å². The van der Waals surface area contributed by atoms with Crippen molar-refractivity contribution in [2.75, 3.05) is 0 Å². The SMILES string of the molecule is NNC(CCc1ccncc1)Cc1cc(F)ccc1Br. The van der Waals surface area contributed by atoms with Crippen LogP contribution in [0, 0.1) is 5.82 Å². The first-order valence-corrected chi connectivity index (χ1v) is 7.27. The fourth-order valence-electron chi connectivity index (χ4n) is 2.10. The monoisotopic (exact) mass is 337 g/mol. The first kappa shape index (κ1) is 15.1. The molecule has 1 aromatic heterocycles. The van der Waals surface area contributed by atoms with Crippen LogP contribution in [0.2, 0.25) is 0 Å². The van der Waals surface area contributed by atoms with E-state index >= 15 is 0 Å². The fraction of sp³-hybridized carbons (Fsp3) is 0.267. The highest BCUT2D eigenvalue weighted by Gasteiger charge is 2.11. The number of pyridine rings is 1. The molecular formula is C15H17BrFN3. The van der Waals surface area contributed by atoms with E-state index in [2.05, 4.69) is 26.3 Å². The molecule has 0 bridgehead atoms. The normalized spacial score (nSPS) is 12.3. The maximum atomic E-state index is 13.3. The number of nitrogens with zero attached hydrogens (tertiary/aromatic N) is 1. The van der Waals surface area contributed by atoms with Gasteiger partial charge in [-0.25, -0.2) is 4.39 Å². The molecule has 1 heterocycles. The number of aryl methyl sites for hydroxylation is 1. The third kappa shape index (κ3) is 4.37. The van der Waals surface area contributed by atoms with Gasteiger partial charge in [-0.15, -0.1) is 0 Å². The quantitative estimate of drug-likeness (QED) is 0.629. The van der Waals surface area contributed by atoms with E-state index in [1.807, 2.05) is 12.1 Å². The molecule has 3 nitrogen and oxygen atoms in total. The minimum absolute atomic E-state index is 0.0984. The van der Waals surface area contributed by atoms with Gasteiger partial charge in [-0.2, -0.15) is 0 Å². The Balaban J connectivity index is 1.97. The molecule has 106 valence electrons. The zero-order chi connectivity index (χ0) is 14.4. The Morgan fingerprint density at radius 1 is 1.25 bits per heavy atom. The molecule has 20 heavy (non-hydrogen) atoms. The first-order chi connectivity index (χ1) is 9.69. The molecule has 1 unspecified atom stereocenters. The summed E-state index contributed by atoms with van der Waals surface area (Å²) in [6.45, 7) is 0. The van der Waals surface area contributed by atoms with Gasteiger partial charge in [-0.05, 0) is 60.7 Å². The van der Waals surface area contributed by atoms with E-state index in [1.54, 1.807) is 24.5 Å². The molecule has 0 spiro atoms. The van der Waals surface area contributed by atoms with Crippen molar-refractivity contribution in [1.82, 2.24) is 10.4 Å². The van der Waals surface area contributed by atoms with Crippen LogP contribution in [0.5, 0.6) is 0 Å². The van der Waals surface area contributed by atoms with Crippen LogP contribution in [0.4, 0.5) is 4.39 Å². The first-order valence-electron chi connectivity index (χ1n) is 6.48. The Morgan fingerprint density at radius 3 is 2.70 bits per heavy atom. The van der Waals surface area contributed by atoms with Crippen molar-refractivity contribution in [1.29, 1.82) is 0 Å². The molecule has 1 aromatic carbocycles. The van der Waals surface area contributed by atoms with Gasteiger partial charge in [0.1, 0.15) is 5.82 Å². The van der Waals surface area contributed by atoms with Crippen molar-refractivity contribution >= 4 is 15.9 Å². The summed E-state index contributed by atoms with van der Waals surface area (Å²) in [6, 6.07) is 8.79. The fourth-order valence-corrected chi connectivity index (χ4v) is 2.51. The molecule has 5 heteroatoms.